The second-order valence-corrected chi connectivity index (χ2v) is 6.01. The first kappa shape index (κ1) is 17.1. The maximum Gasteiger partial charge on any atom is 0.379 e. The molecule has 7 heteroatoms. The summed E-state index contributed by atoms with van der Waals surface area (Å²) in [5, 5.41) is 0.155. The molecule has 1 aliphatic heterocycles. The molecule has 4 rings (SSSR count). The highest BCUT2D eigenvalue weighted by Gasteiger charge is 2.28. The number of allylic oxidation sites excluding steroid dienone is 1. The van der Waals surface area contributed by atoms with Crippen molar-refractivity contribution < 1.29 is 27.9 Å². The van der Waals surface area contributed by atoms with E-state index in [1.54, 1.807) is 6.07 Å². The Bertz CT molecular complexity index is 1070. The fraction of sp³-hybridized carbons (Fsp3) is 0. The van der Waals surface area contributed by atoms with E-state index in [2.05, 4.69) is 0 Å². The van der Waals surface area contributed by atoms with Crippen LogP contribution in [-0.4, -0.2) is 11.8 Å². The molecule has 134 valence electrons. The number of benzene rings is 2. The van der Waals surface area contributed by atoms with Crippen molar-refractivity contribution in [2.75, 3.05) is 0 Å². The van der Waals surface area contributed by atoms with Crippen LogP contribution in [-0.2, 0) is 0 Å². The van der Waals surface area contributed by atoms with Crippen molar-refractivity contribution in [3.63, 3.8) is 0 Å². The van der Waals surface area contributed by atoms with Crippen molar-refractivity contribution in [1.29, 1.82) is 0 Å². The van der Waals surface area contributed by atoms with Gasteiger partial charge in [-0.1, -0.05) is 17.7 Å². The number of furan rings is 1. The normalized spacial score (nSPS) is 14.1. The number of rotatable bonds is 3. The van der Waals surface area contributed by atoms with Crippen molar-refractivity contribution in [2.45, 2.75) is 0 Å². The summed E-state index contributed by atoms with van der Waals surface area (Å²) in [5.41, 5.74) is 0.325. The maximum atomic E-state index is 13.9. The second kappa shape index (κ2) is 6.74. The molecule has 3 aromatic rings. The van der Waals surface area contributed by atoms with Crippen molar-refractivity contribution in [1.82, 2.24) is 0 Å². The Morgan fingerprint density at radius 1 is 1.15 bits per heavy atom. The molecule has 2 aromatic carbocycles. The summed E-state index contributed by atoms with van der Waals surface area (Å²) in [6, 6.07) is 11.6. The number of hydrogen-bond acceptors (Lipinski definition) is 5. The third-order valence-electron chi connectivity index (χ3n) is 3.85. The molecule has 1 aliphatic rings. The minimum Gasteiger partial charge on any atom is -0.457 e. The van der Waals surface area contributed by atoms with E-state index in [0.29, 0.717) is 0 Å². The first-order valence-electron chi connectivity index (χ1n) is 7.81. The minimum absolute atomic E-state index is 0.0438. The second-order valence-electron chi connectivity index (χ2n) is 5.60. The Morgan fingerprint density at radius 3 is 2.74 bits per heavy atom. The summed E-state index contributed by atoms with van der Waals surface area (Å²) >= 11 is 5.98. The lowest BCUT2D eigenvalue weighted by molar-refractivity contribution is 0.0701. The summed E-state index contributed by atoms with van der Waals surface area (Å²) in [7, 11) is 0. The predicted molar refractivity (Wildman–Crippen MR) is 94.5 cm³/mol. The van der Waals surface area contributed by atoms with Crippen molar-refractivity contribution in [3.05, 3.63) is 88.3 Å². The highest BCUT2D eigenvalue weighted by Crippen LogP contribution is 2.36. The van der Waals surface area contributed by atoms with E-state index < -0.39 is 17.6 Å². The molecule has 1 aromatic heterocycles. The molecule has 0 fully saturated rings. The molecule has 5 nitrogen and oxygen atoms in total. The van der Waals surface area contributed by atoms with E-state index in [1.165, 1.54) is 54.8 Å². The van der Waals surface area contributed by atoms with Crippen LogP contribution >= 0.6 is 11.6 Å². The molecule has 0 saturated heterocycles. The monoisotopic (exact) mass is 384 g/mol. The van der Waals surface area contributed by atoms with Gasteiger partial charge < -0.3 is 13.9 Å². The van der Waals surface area contributed by atoms with Crippen LogP contribution in [0.25, 0.3) is 6.08 Å². The van der Waals surface area contributed by atoms with E-state index in [9.17, 15) is 14.0 Å². The van der Waals surface area contributed by atoms with E-state index in [1.807, 2.05) is 0 Å². The number of ketones is 1. The number of carbonyl (C=O) groups excluding carboxylic acids is 2. The number of halogens is 2. The molecule has 0 radical (unpaired) electrons. The lowest BCUT2D eigenvalue weighted by atomic mass is 10.1. The van der Waals surface area contributed by atoms with Crippen molar-refractivity contribution >= 4 is 29.4 Å². The van der Waals surface area contributed by atoms with Crippen LogP contribution < -0.4 is 9.47 Å². The van der Waals surface area contributed by atoms with Crippen LogP contribution in [0.4, 0.5) is 4.39 Å². The number of ether oxygens (including phenoxy) is 2. The van der Waals surface area contributed by atoms with E-state index in [-0.39, 0.29) is 39.2 Å². The Balaban J connectivity index is 1.61. The Labute approximate surface area is 157 Å². The van der Waals surface area contributed by atoms with Gasteiger partial charge in [0.05, 0.1) is 16.8 Å². The van der Waals surface area contributed by atoms with Crippen LogP contribution in [0, 0.1) is 5.82 Å². The molecular formula is C20H10ClFO5. The molecule has 27 heavy (non-hydrogen) atoms. The summed E-state index contributed by atoms with van der Waals surface area (Å²) < 4.78 is 29.6. The third kappa shape index (κ3) is 3.22. The molecule has 0 unspecified atom stereocenters. The number of carbonyl (C=O) groups is 2. The molecule has 0 aliphatic carbocycles. The van der Waals surface area contributed by atoms with Crippen LogP contribution in [0.3, 0.4) is 0 Å². The first-order chi connectivity index (χ1) is 13.0. The van der Waals surface area contributed by atoms with Crippen LogP contribution in [0.2, 0.25) is 5.02 Å². The van der Waals surface area contributed by atoms with E-state index in [4.69, 9.17) is 25.5 Å². The smallest absolute Gasteiger partial charge is 0.379 e. The number of hydrogen-bond donors (Lipinski definition) is 0. The van der Waals surface area contributed by atoms with Gasteiger partial charge in [-0.2, -0.15) is 0 Å². The fourth-order valence-corrected chi connectivity index (χ4v) is 2.78. The number of esters is 1. The van der Waals surface area contributed by atoms with E-state index in [0.717, 1.165) is 0 Å². The van der Waals surface area contributed by atoms with Gasteiger partial charge >= 0.3 is 5.97 Å². The molecule has 0 saturated carbocycles. The molecule has 0 N–H and O–H groups in total. The first-order valence-corrected chi connectivity index (χ1v) is 8.19. The standard InChI is InChI=1S/C20H10ClFO5/c21-14-3-1-4-15(22)13(14)10-18-19(23)12-7-6-11(9-17(12)27-18)26-20(24)16-5-2-8-25-16/h1-10H. The largest absolute Gasteiger partial charge is 0.457 e. The highest BCUT2D eigenvalue weighted by atomic mass is 35.5. The SMILES string of the molecule is O=C(Oc1ccc2c(c1)OC(=Cc1c(F)cccc1Cl)C2=O)c1ccco1. The number of fused-ring (bicyclic) bond motifs is 1. The zero-order chi connectivity index (χ0) is 19.0. The lowest BCUT2D eigenvalue weighted by Crippen LogP contribution is -2.07. The van der Waals surface area contributed by atoms with Gasteiger partial charge in [-0.25, -0.2) is 9.18 Å². The molecule has 2 heterocycles. The Hall–Kier alpha value is -3.38. The average Bonchev–Trinajstić information content (AvgIpc) is 3.27. The van der Waals surface area contributed by atoms with Gasteiger partial charge in [0.2, 0.25) is 11.5 Å². The summed E-state index contributed by atoms with van der Waals surface area (Å²) in [6.07, 6.45) is 2.60. The quantitative estimate of drug-likeness (QED) is 0.365. The number of Topliss-reactive ketones (excluding diaryl/α,β-unsaturated/α-hetero) is 1. The Kier molecular flexibility index (Phi) is 4.25. The molecule has 0 bridgehead atoms. The lowest BCUT2D eigenvalue weighted by Gasteiger charge is -2.04. The van der Waals surface area contributed by atoms with E-state index >= 15 is 0 Å². The minimum atomic E-state index is -0.682. The van der Waals surface area contributed by atoms with Gasteiger partial charge in [-0.3, -0.25) is 4.79 Å². The summed E-state index contributed by atoms with van der Waals surface area (Å²) in [5.74, 6) is -1.34. The topological polar surface area (TPSA) is 65.7 Å². The van der Waals surface area contributed by atoms with Gasteiger partial charge in [-0.15, -0.1) is 0 Å². The van der Waals surface area contributed by atoms with Crippen LogP contribution in [0.1, 0.15) is 26.5 Å². The molecule has 0 spiro atoms. The maximum absolute atomic E-state index is 13.9. The fourth-order valence-electron chi connectivity index (χ4n) is 2.56. The van der Waals surface area contributed by atoms with Gasteiger partial charge in [0.1, 0.15) is 17.3 Å². The third-order valence-corrected chi connectivity index (χ3v) is 4.18. The van der Waals surface area contributed by atoms with Crippen LogP contribution in [0.15, 0.2) is 65.0 Å². The molecule has 0 amide bonds. The molecule has 0 atom stereocenters. The van der Waals surface area contributed by atoms with Crippen LogP contribution in [0.5, 0.6) is 11.5 Å². The summed E-state index contributed by atoms with van der Waals surface area (Å²) in [6.45, 7) is 0. The van der Waals surface area contributed by atoms with Crippen molar-refractivity contribution in [2.24, 2.45) is 0 Å². The Morgan fingerprint density at radius 2 is 2.00 bits per heavy atom. The predicted octanol–water partition coefficient (Wildman–Crippen LogP) is 4.91. The summed E-state index contributed by atoms with van der Waals surface area (Å²) in [4.78, 5) is 24.4. The van der Waals surface area contributed by atoms with Gasteiger partial charge in [0, 0.05) is 11.6 Å². The molecular weight excluding hydrogens is 375 g/mol. The zero-order valence-corrected chi connectivity index (χ0v) is 14.3. The van der Waals surface area contributed by atoms with Crippen molar-refractivity contribution in [3.8, 4) is 11.5 Å². The zero-order valence-electron chi connectivity index (χ0n) is 13.6. The van der Waals surface area contributed by atoms with Gasteiger partial charge in [0.15, 0.2) is 5.76 Å². The van der Waals surface area contributed by atoms with Gasteiger partial charge in [0.25, 0.3) is 0 Å². The highest BCUT2D eigenvalue weighted by molar-refractivity contribution is 6.32. The van der Waals surface area contributed by atoms with Gasteiger partial charge in [-0.05, 0) is 42.5 Å². The average molecular weight is 385 g/mol.